The third-order valence-electron chi connectivity index (χ3n) is 20.6. The number of alkyl halides is 5. The Hall–Kier alpha value is -8.07. The number of aromatic hydroxyl groups is 1. The molecule has 0 unspecified atom stereocenters. The number of nitrogens with zero attached hydrogens (tertiary/aromatic N) is 9. The Kier molecular flexibility index (Phi) is 61.9. The third-order valence-corrected chi connectivity index (χ3v) is 21.7. The molecule has 2 fully saturated rings. The number of hydrogen-bond acceptors (Lipinski definition) is 21. The molecule has 40 heteroatoms. The minimum atomic E-state index is -0.522. The number of phenolic OH excluding ortho intramolecular Hbond substituents is 1. The zero-order valence-electron chi connectivity index (χ0n) is 81.4. The molecule has 14 rings (SSSR count). The summed E-state index contributed by atoms with van der Waals surface area (Å²) < 4.78 is 45.5. The van der Waals surface area contributed by atoms with E-state index in [1.165, 1.54) is 51.9 Å². The van der Waals surface area contributed by atoms with E-state index < -0.39 is 24.4 Å². The summed E-state index contributed by atoms with van der Waals surface area (Å²) >= 11 is 33.1. The van der Waals surface area contributed by atoms with Crippen molar-refractivity contribution < 1.29 is 177 Å². The van der Waals surface area contributed by atoms with Crippen LogP contribution in [0.25, 0.3) is 88.6 Å². The van der Waals surface area contributed by atoms with Gasteiger partial charge in [-0.1, -0.05) is 64.5 Å². The fourth-order valence-electron chi connectivity index (χ4n) is 15.1. The van der Waals surface area contributed by atoms with Crippen LogP contribution in [-0.2, 0) is 54.8 Å². The summed E-state index contributed by atoms with van der Waals surface area (Å²) in [4.78, 5) is 60.8. The standard InChI is InChI=1S/C27H32N4O3.C23H24ClN3O3.C21H21N3O3.C20H19N3O3.C4H9N.C3H6BrCl.CH2Cl2.CH2O3.BBr3.2K.H/c1-3-31-25-18-22(34-16-8-15-30-13-5-6-14-30)11-12-23(25)24(19-28)26(31)20-9-7-10-21(17-20)29-27(32)33-4-2;1-3-27-21-14-18(30-12-6-11-24)9-10-19(21)20(15-25)22(27)16-7-5-8-17(13-16)26-23(28)29-4-2;1-4-24-19-12-16(26-3)9-10-17(19)18(13-22)20(24)14-7-6-8-15(11-14)23-21(25)27-5-2;1-3-23-18-11-15(24)8-9-16(18)17(12-21)19(23)13-6-5-7-14(10-13)22-20(25)26-4-2;1-2-4-5-3-1;4-2-1-3-5;2-1-3;2-1-4-3;2-1(3)4;;;/h7,9-12,17-18H,3-6,8,13-16H2,1-2H3,(H,29,32);5,7-10,13-14H,3-4,6,11-12H2,1-2H3,(H,26,28);6-12H,4-5H2,1-3H3,(H,23,25);5-11,24H,3-4H2,1-2H3,(H,22,25);5H,1-4H2;1-3H2;1H2;1,3H;;;;/q;;;;;;;;;2*+1;-1/p-1. The molecule has 4 aromatic heterocycles. The maximum absolute atomic E-state index is 11.9. The summed E-state index contributed by atoms with van der Waals surface area (Å²) in [5.41, 5.74) is 14.9. The molecule has 0 atom stereocenters. The van der Waals surface area contributed by atoms with E-state index in [4.69, 9.17) is 89.6 Å². The number of carbonyl (C=O) groups excluding carboxylic acids is 5. The first kappa shape index (κ1) is 124. The van der Waals surface area contributed by atoms with E-state index in [-0.39, 0.29) is 132 Å². The fraction of sp³-hybridized carbons (Fsp3) is 0.350. The minimum Gasteiger partial charge on any atom is -1.00 e. The van der Waals surface area contributed by atoms with Crippen LogP contribution in [0, 0.1) is 45.3 Å². The average Bonchev–Trinajstić information content (AvgIpc) is 1.62. The first-order valence-electron chi connectivity index (χ1n) is 44.7. The van der Waals surface area contributed by atoms with Gasteiger partial charge in [-0.05, 0) is 224 Å². The van der Waals surface area contributed by atoms with Crippen molar-refractivity contribution in [1.29, 1.82) is 21.0 Å². The number of aromatic nitrogens is 4. The van der Waals surface area contributed by atoms with Crippen LogP contribution in [0.2, 0.25) is 0 Å². The van der Waals surface area contributed by atoms with Gasteiger partial charge in [-0.15, -0.1) is 93.7 Å². The SMILES string of the molecule is BrB(Br)Br.C1CCNC1.CCOC(=O)Nc1cccc(-c2c(C#N)c3ccc(O)cc3n2CC)c1.CCOC(=O)Nc1cccc(-c2c(C#N)c3ccc(OC)cc3n2CC)c1.CCOC(=O)Nc1cccc(-c2c(C#N)c3ccc(OCCCCl)cc3n2CC)c1.CCOC(=O)Nc1cccc(-c2c(C#N)c3ccc(OCCCN4CCCC4)cc3n2CC)c1.ClCCCBr.ClCCl.O=CO[O-].[H-].[K+].[K+]. The van der Waals surface area contributed by atoms with Crippen molar-refractivity contribution in [3.05, 3.63) is 192 Å². The van der Waals surface area contributed by atoms with Crippen LogP contribution in [0.4, 0.5) is 41.9 Å². The van der Waals surface area contributed by atoms with Crippen molar-refractivity contribution in [2.75, 3.05) is 123 Å². The second kappa shape index (κ2) is 69.8. The summed E-state index contributed by atoms with van der Waals surface area (Å²) in [5.74, 6) is 3.77. The Morgan fingerprint density at radius 3 is 1.01 bits per heavy atom. The number of carbonyl (C=O) groups is 5. The number of hydrogen-bond donors (Lipinski definition) is 6. The number of fused-ring (bicyclic) bond motifs is 4. The molecule has 0 bridgehead atoms. The van der Waals surface area contributed by atoms with Gasteiger partial charge in [0.25, 0.3) is 6.47 Å². The zero-order valence-corrected chi connectivity index (χ0v) is 96.0. The third kappa shape index (κ3) is 38.5. The molecule has 2 saturated heterocycles. The summed E-state index contributed by atoms with van der Waals surface area (Å²) in [6.07, 6.45) is 6.19. The van der Waals surface area contributed by atoms with Crippen molar-refractivity contribution in [3.63, 3.8) is 0 Å². The number of ether oxygens (including phenoxy) is 7. The number of benzene rings is 8. The number of likely N-dealkylation sites (tertiary alicyclic amines) is 1. The molecule has 2 aliphatic heterocycles. The van der Waals surface area contributed by atoms with Crippen LogP contribution in [0.15, 0.2) is 170 Å². The van der Waals surface area contributed by atoms with E-state index in [9.17, 15) is 45.3 Å². The largest absolute Gasteiger partial charge is 1.00 e. The summed E-state index contributed by atoms with van der Waals surface area (Å²) in [7, 11) is 1.62. The van der Waals surface area contributed by atoms with Gasteiger partial charge < -0.3 is 78.3 Å². The number of nitrogens with one attached hydrogen (secondary N) is 5. The molecule has 0 saturated carbocycles. The molecule has 12 aromatic rings. The van der Waals surface area contributed by atoms with E-state index in [1.54, 1.807) is 83.3 Å². The number of halogens is 8. The quantitative estimate of drug-likeness (QED) is 0.00482. The van der Waals surface area contributed by atoms with Crippen LogP contribution < -0.4 is 149 Å². The van der Waals surface area contributed by atoms with Crippen molar-refractivity contribution in [2.45, 2.75) is 127 Å². The summed E-state index contributed by atoms with van der Waals surface area (Å²) in [6.45, 7) is 26.0. The second-order valence-corrected chi connectivity index (χ2v) is 38.1. The molecule has 0 aliphatic carbocycles. The number of aryl methyl sites for hydroxylation is 4. The number of amides is 4. The summed E-state index contributed by atoms with van der Waals surface area (Å²) in [6, 6.07) is 61.3. The van der Waals surface area contributed by atoms with Gasteiger partial charge in [0.15, 0.2) is 0 Å². The first-order chi connectivity index (χ1) is 66.9. The number of anilines is 4. The molecule has 2 aliphatic rings. The minimum absolute atomic E-state index is 0. The number of rotatable bonds is 29. The Balaban J connectivity index is 0.000000449. The normalized spacial score (nSPS) is 11.2. The number of methoxy groups -OCH3 is 1. The smallest absolute Gasteiger partial charge is 1.00 e. The van der Waals surface area contributed by atoms with E-state index in [2.05, 4.69) is 144 Å². The molecule has 0 radical (unpaired) electrons. The zero-order chi connectivity index (χ0) is 101. The van der Waals surface area contributed by atoms with Crippen molar-refractivity contribution >= 4 is 210 Å². The van der Waals surface area contributed by atoms with Gasteiger partial charge in [0.1, 0.15) is 47.3 Å². The molecule has 0 spiro atoms. The van der Waals surface area contributed by atoms with Crippen LogP contribution in [0.1, 0.15) is 124 Å². The van der Waals surface area contributed by atoms with Gasteiger partial charge >= 0.3 is 130 Å². The van der Waals surface area contributed by atoms with Crippen molar-refractivity contribution in [2.24, 2.45) is 0 Å². The molecular weight excluding hydrogens is 2190 g/mol. The van der Waals surface area contributed by atoms with Crippen LogP contribution in [-0.4, -0.2) is 164 Å². The van der Waals surface area contributed by atoms with Crippen LogP contribution >= 0.6 is 110 Å². The van der Waals surface area contributed by atoms with Gasteiger partial charge in [-0.3, -0.25) is 26.1 Å². The fourth-order valence-corrected chi connectivity index (χ4v) is 16.0. The van der Waals surface area contributed by atoms with Gasteiger partial charge in [-0.25, -0.2) is 19.2 Å². The molecular formula is C100H115BBr4Cl4K2N14O15. The Morgan fingerprint density at radius 1 is 0.464 bits per heavy atom. The first-order valence-corrected chi connectivity index (χ1v) is 50.7. The van der Waals surface area contributed by atoms with Gasteiger partial charge in [-0.2, -0.15) is 21.0 Å². The molecule has 29 nitrogen and oxygen atoms in total. The molecule has 6 N–H and O–H groups in total. The number of phenols is 1. The summed E-state index contributed by atoms with van der Waals surface area (Å²) in [5, 5.41) is 76.4. The molecule has 6 heterocycles. The predicted molar refractivity (Wildman–Crippen MR) is 567 cm³/mol. The second-order valence-electron chi connectivity index (χ2n) is 29.3. The van der Waals surface area contributed by atoms with Crippen LogP contribution in [0.5, 0.6) is 23.0 Å². The molecule has 140 heavy (non-hydrogen) atoms. The Labute approximate surface area is 958 Å². The van der Waals surface area contributed by atoms with E-state index in [0.717, 1.165) is 143 Å². The van der Waals surface area contributed by atoms with E-state index >= 15 is 0 Å². The van der Waals surface area contributed by atoms with Gasteiger partial charge in [0.05, 0.1) is 119 Å². The Bertz CT molecular complexity index is 6100. The van der Waals surface area contributed by atoms with Crippen molar-refractivity contribution in [3.8, 4) is 92.3 Å². The van der Waals surface area contributed by atoms with Crippen LogP contribution in [0.3, 0.4) is 0 Å². The van der Waals surface area contributed by atoms with Gasteiger partial charge in [0.2, 0.25) is 0 Å². The monoisotopic (exact) mass is 2300 g/mol. The maximum atomic E-state index is 11.9. The predicted octanol–water partition coefficient (Wildman–Crippen LogP) is 19.2. The molecule has 4 amide bonds. The Morgan fingerprint density at radius 2 is 0.757 bits per heavy atom. The maximum Gasteiger partial charge on any atom is 1.00 e. The van der Waals surface area contributed by atoms with Gasteiger partial charge in [0, 0.05) is 141 Å². The van der Waals surface area contributed by atoms with Crippen molar-refractivity contribution in [1.82, 2.24) is 28.5 Å². The molecule has 8 aromatic carbocycles. The average molecular weight is 2300 g/mol. The molecule has 736 valence electrons. The topological polar surface area (TPSA) is 381 Å². The number of nitriles is 4. The van der Waals surface area contributed by atoms with E-state index in [1.807, 2.05) is 147 Å². The van der Waals surface area contributed by atoms with E-state index in [0.29, 0.717) is 110 Å².